The fraction of sp³-hybridized carbons (Fsp3) is 0.350. The SMILES string of the molecule is CC1COc2cc(N3CCOCC3)c(NC(=O)c3cnn4cccnc34)cc2N1. The van der Waals surface area contributed by atoms with Gasteiger partial charge in [-0.1, -0.05) is 0 Å². The number of nitrogens with zero attached hydrogens (tertiary/aromatic N) is 4. The summed E-state index contributed by atoms with van der Waals surface area (Å²) in [4.78, 5) is 19.5. The van der Waals surface area contributed by atoms with Crippen molar-refractivity contribution < 1.29 is 14.3 Å². The number of hydrogen-bond donors (Lipinski definition) is 2. The van der Waals surface area contributed by atoms with Crippen LogP contribution >= 0.6 is 0 Å². The van der Waals surface area contributed by atoms with Gasteiger partial charge in [0, 0.05) is 31.5 Å². The number of fused-ring (bicyclic) bond motifs is 2. The van der Waals surface area contributed by atoms with Crippen molar-refractivity contribution in [2.24, 2.45) is 0 Å². The number of morpholine rings is 1. The van der Waals surface area contributed by atoms with Crippen molar-refractivity contribution in [3.8, 4) is 5.75 Å². The molecule has 2 aliphatic rings. The van der Waals surface area contributed by atoms with E-state index in [4.69, 9.17) is 9.47 Å². The highest BCUT2D eigenvalue weighted by Crippen LogP contribution is 2.39. The lowest BCUT2D eigenvalue weighted by Crippen LogP contribution is -2.37. The van der Waals surface area contributed by atoms with Crippen LogP contribution in [-0.4, -0.2) is 59.5 Å². The molecule has 3 aromatic rings. The maximum absolute atomic E-state index is 13.1. The molecule has 150 valence electrons. The number of benzene rings is 1. The first-order valence-electron chi connectivity index (χ1n) is 9.69. The molecule has 1 unspecified atom stereocenters. The van der Waals surface area contributed by atoms with Gasteiger partial charge in [-0.25, -0.2) is 9.50 Å². The molecule has 1 saturated heterocycles. The average molecular weight is 394 g/mol. The number of amides is 1. The van der Waals surface area contributed by atoms with Crippen LogP contribution in [0.5, 0.6) is 5.75 Å². The maximum atomic E-state index is 13.1. The zero-order chi connectivity index (χ0) is 19.8. The molecular formula is C20H22N6O3. The highest BCUT2D eigenvalue weighted by molar-refractivity contribution is 6.09. The summed E-state index contributed by atoms with van der Waals surface area (Å²) >= 11 is 0. The molecule has 0 aliphatic carbocycles. The minimum Gasteiger partial charge on any atom is -0.489 e. The number of aromatic nitrogens is 3. The minimum absolute atomic E-state index is 0.198. The van der Waals surface area contributed by atoms with Crippen molar-refractivity contribution >= 4 is 28.6 Å². The molecule has 9 heteroatoms. The van der Waals surface area contributed by atoms with Crippen molar-refractivity contribution in [2.45, 2.75) is 13.0 Å². The molecule has 2 N–H and O–H groups in total. The summed E-state index contributed by atoms with van der Waals surface area (Å²) in [5.74, 6) is 0.540. The van der Waals surface area contributed by atoms with Crippen molar-refractivity contribution in [2.75, 3.05) is 48.4 Å². The molecule has 9 nitrogen and oxygen atoms in total. The lowest BCUT2D eigenvalue weighted by atomic mass is 10.1. The van der Waals surface area contributed by atoms with Gasteiger partial charge in [-0.15, -0.1) is 0 Å². The highest BCUT2D eigenvalue weighted by Gasteiger charge is 2.24. The molecule has 2 aromatic heterocycles. The van der Waals surface area contributed by atoms with Gasteiger partial charge in [-0.2, -0.15) is 5.10 Å². The number of hydrogen-bond acceptors (Lipinski definition) is 7. The smallest absolute Gasteiger partial charge is 0.261 e. The van der Waals surface area contributed by atoms with Gasteiger partial charge in [0.2, 0.25) is 0 Å². The largest absolute Gasteiger partial charge is 0.489 e. The van der Waals surface area contributed by atoms with Gasteiger partial charge in [0.05, 0.1) is 42.5 Å². The van der Waals surface area contributed by atoms with E-state index in [1.54, 1.807) is 23.0 Å². The van der Waals surface area contributed by atoms with Crippen molar-refractivity contribution in [3.63, 3.8) is 0 Å². The summed E-state index contributed by atoms with van der Waals surface area (Å²) in [5, 5.41) is 10.7. The predicted molar refractivity (Wildman–Crippen MR) is 109 cm³/mol. The molecule has 1 fully saturated rings. The van der Waals surface area contributed by atoms with E-state index in [0.29, 0.717) is 31.0 Å². The molecule has 1 amide bonds. The first-order chi connectivity index (χ1) is 14.2. The Morgan fingerprint density at radius 2 is 2.17 bits per heavy atom. The lowest BCUT2D eigenvalue weighted by molar-refractivity contribution is 0.102. The zero-order valence-electron chi connectivity index (χ0n) is 16.1. The van der Waals surface area contributed by atoms with Gasteiger partial charge < -0.3 is 25.0 Å². The predicted octanol–water partition coefficient (Wildman–Crippen LogP) is 2.01. The number of anilines is 3. The van der Waals surface area contributed by atoms with Crippen LogP contribution in [-0.2, 0) is 4.74 Å². The van der Waals surface area contributed by atoms with Crippen LogP contribution in [0.1, 0.15) is 17.3 Å². The standard InChI is InChI=1S/C20H22N6O3/c1-13-12-29-18-10-17(25-5-7-28-8-6-25)15(9-16(18)23-13)24-20(27)14-11-22-26-4-2-3-21-19(14)26/h2-4,9-11,13,23H,5-8,12H2,1H3,(H,24,27). The Morgan fingerprint density at radius 3 is 3.03 bits per heavy atom. The summed E-state index contributed by atoms with van der Waals surface area (Å²) in [5.41, 5.74) is 3.45. The van der Waals surface area contributed by atoms with Crippen LogP contribution in [0.15, 0.2) is 36.8 Å². The molecule has 0 saturated carbocycles. The van der Waals surface area contributed by atoms with E-state index in [9.17, 15) is 4.79 Å². The quantitative estimate of drug-likeness (QED) is 0.702. The molecule has 2 aliphatic heterocycles. The van der Waals surface area contributed by atoms with Crippen molar-refractivity contribution in [1.29, 1.82) is 0 Å². The molecule has 29 heavy (non-hydrogen) atoms. The van der Waals surface area contributed by atoms with E-state index in [0.717, 1.165) is 35.9 Å². The number of rotatable bonds is 3. The number of carbonyl (C=O) groups excluding carboxylic acids is 1. The summed E-state index contributed by atoms with van der Waals surface area (Å²) in [6, 6.07) is 5.90. The van der Waals surface area contributed by atoms with Crippen molar-refractivity contribution in [1.82, 2.24) is 14.6 Å². The number of nitrogens with one attached hydrogen (secondary N) is 2. The van der Waals surface area contributed by atoms with Crippen LogP contribution in [0, 0.1) is 0 Å². The fourth-order valence-corrected chi connectivity index (χ4v) is 3.67. The Morgan fingerprint density at radius 1 is 1.31 bits per heavy atom. The first kappa shape index (κ1) is 17.7. The van der Waals surface area contributed by atoms with E-state index in [1.165, 1.54) is 6.20 Å². The van der Waals surface area contributed by atoms with Gasteiger partial charge in [-0.3, -0.25) is 4.79 Å². The zero-order valence-corrected chi connectivity index (χ0v) is 16.1. The third-order valence-electron chi connectivity index (χ3n) is 5.11. The first-order valence-corrected chi connectivity index (χ1v) is 9.69. The maximum Gasteiger partial charge on any atom is 0.261 e. The Hall–Kier alpha value is -3.33. The van der Waals surface area contributed by atoms with E-state index in [2.05, 4.69) is 32.5 Å². The minimum atomic E-state index is -0.252. The second-order valence-corrected chi connectivity index (χ2v) is 7.22. The van der Waals surface area contributed by atoms with E-state index in [1.807, 2.05) is 12.1 Å². The van der Waals surface area contributed by atoms with Crippen LogP contribution in [0.25, 0.3) is 5.65 Å². The lowest BCUT2D eigenvalue weighted by Gasteiger charge is -2.33. The second-order valence-electron chi connectivity index (χ2n) is 7.22. The van der Waals surface area contributed by atoms with Gasteiger partial charge in [0.1, 0.15) is 17.9 Å². The molecule has 0 bridgehead atoms. The topological polar surface area (TPSA) is 93.0 Å². The van der Waals surface area contributed by atoms with Gasteiger partial charge in [-0.05, 0) is 19.1 Å². The van der Waals surface area contributed by atoms with Gasteiger partial charge in [0.15, 0.2) is 5.65 Å². The highest BCUT2D eigenvalue weighted by atomic mass is 16.5. The molecule has 4 heterocycles. The third-order valence-corrected chi connectivity index (χ3v) is 5.11. The third kappa shape index (κ3) is 3.33. The van der Waals surface area contributed by atoms with Gasteiger partial charge in [0.25, 0.3) is 5.91 Å². The summed E-state index contributed by atoms with van der Waals surface area (Å²) in [6.45, 7) is 5.47. The van der Waals surface area contributed by atoms with Crippen LogP contribution in [0.2, 0.25) is 0 Å². The molecular weight excluding hydrogens is 372 g/mol. The molecule has 5 rings (SSSR count). The number of carbonyl (C=O) groups is 1. The monoisotopic (exact) mass is 394 g/mol. The fourth-order valence-electron chi connectivity index (χ4n) is 3.67. The van der Waals surface area contributed by atoms with Crippen LogP contribution in [0.3, 0.4) is 0 Å². The van der Waals surface area contributed by atoms with Gasteiger partial charge >= 0.3 is 0 Å². The summed E-state index contributed by atoms with van der Waals surface area (Å²) < 4.78 is 13.0. The Balaban J connectivity index is 1.52. The summed E-state index contributed by atoms with van der Waals surface area (Å²) in [7, 11) is 0. The Labute approximate surface area is 167 Å². The van der Waals surface area contributed by atoms with Crippen LogP contribution < -0.4 is 20.3 Å². The van der Waals surface area contributed by atoms with Crippen LogP contribution in [0.4, 0.5) is 17.1 Å². The van der Waals surface area contributed by atoms with Crippen molar-refractivity contribution in [3.05, 3.63) is 42.4 Å². The second kappa shape index (κ2) is 7.25. The summed E-state index contributed by atoms with van der Waals surface area (Å²) in [6.07, 6.45) is 4.95. The van der Waals surface area contributed by atoms with E-state index < -0.39 is 0 Å². The number of ether oxygens (including phenoxy) is 2. The van der Waals surface area contributed by atoms with E-state index >= 15 is 0 Å². The Bertz CT molecular complexity index is 1060. The molecule has 0 radical (unpaired) electrons. The molecule has 0 spiro atoms. The Kier molecular flexibility index (Phi) is 4.44. The molecule has 1 aromatic carbocycles. The normalized spacial score (nSPS) is 18.7. The molecule has 1 atom stereocenters. The van der Waals surface area contributed by atoms with E-state index in [-0.39, 0.29) is 11.9 Å². The average Bonchev–Trinajstić information content (AvgIpc) is 3.18.